The molecule has 4 nitrogen and oxygen atoms in total. The lowest BCUT2D eigenvalue weighted by molar-refractivity contribution is -0.129. The van der Waals surface area contributed by atoms with Gasteiger partial charge in [0.1, 0.15) is 0 Å². The molecule has 1 N–H and O–H groups in total. The minimum Gasteiger partial charge on any atom is -0.310 e. The average Bonchev–Trinajstić information content (AvgIpc) is 3.22. The number of hydrogen-bond acceptors (Lipinski definition) is 3. The number of imide groups is 1. The fourth-order valence-electron chi connectivity index (χ4n) is 2.35. The van der Waals surface area contributed by atoms with Crippen molar-refractivity contribution >= 4 is 17.5 Å². The van der Waals surface area contributed by atoms with Crippen LogP contribution in [0.5, 0.6) is 0 Å². The fourth-order valence-corrected chi connectivity index (χ4v) is 2.35. The van der Waals surface area contributed by atoms with Crippen molar-refractivity contribution in [1.82, 2.24) is 5.32 Å². The molecule has 0 unspecified atom stereocenters. The number of hydrogen-bond donors (Lipinski definition) is 1. The highest BCUT2D eigenvalue weighted by molar-refractivity contribution is 6.16. The van der Waals surface area contributed by atoms with Crippen LogP contribution in [0.2, 0.25) is 0 Å². The second-order valence-corrected chi connectivity index (χ2v) is 5.30. The first-order chi connectivity index (χ1) is 9.24. The summed E-state index contributed by atoms with van der Waals surface area (Å²) in [4.78, 5) is 24.9. The quantitative estimate of drug-likeness (QED) is 0.840. The topological polar surface area (TPSA) is 49.4 Å². The maximum absolute atomic E-state index is 11.8. The third-order valence-electron chi connectivity index (χ3n) is 3.65. The number of amides is 2. The third kappa shape index (κ3) is 2.84. The maximum atomic E-state index is 11.8. The van der Waals surface area contributed by atoms with Crippen molar-refractivity contribution in [3.8, 4) is 0 Å². The number of piperidine rings is 1. The van der Waals surface area contributed by atoms with Crippen LogP contribution < -0.4 is 10.2 Å². The SMILES string of the molecule is O=C1CCCC(=O)N1c1ccc(CNC2CC2)cc1. The summed E-state index contributed by atoms with van der Waals surface area (Å²) in [7, 11) is 0. The van der Waals surface area contributed by atoms with Crippen LogP contribution in [-0.2, 0) is 16.1 Å². The number of nitrogens with one attached hydrogen (secondary N) is 1. The van der Waals surface area contributed by atoms with Gasteiger partial charge in [-0.2, -0.15) is 0 Å². The van der Waals surface area contributed by atoms with Crippen LogP contribution in [0.15, 0.2) is 24.3 Å². The molecule has 1 aromatic rings. The highest BCUT2D eigenvalue weighted by Gasteiger charge is 2.27. The molecule has 1 aliphatic carbocycles. The summed E-state index contributed by atoms with van der Waals surface area (Å²) in [5, 5.41) is 3.44. The van der Waals surface area contributed by atoms with Gasteiger partial charge in [0, 0.05) is 25.4 Å². The number of benzene rings is 1. The average molecular weight is 258 g/mol. The van der Waals surface area contributed by atoms with Crippen molar-refractivity contribution in [2.45, 2.75) is 44.7 Å². The van der Waals surface area contributed by atoms with E-state index in [-0.39, 0.29) is 11.8 Å². The van der Waals surface area contributed by atoms with E-state index in [4.69, 9.17) is 0 Å². The zero-order valence-corrected chi connectivity index (χ0v) is 10.9. The molecule has 100 valence electrons. The van der Waals surface area contributed by atoms with Crippen LogP contribution in [0, 0.1) is 0 Å². The van der Waals surface area contributed by atoms with Gasteiger partial charge in [-0.1, -0.05) is 12.1 Å². The highest BCUT2D eigenvalue weighted by Crippen LogP contribution is 2.23. The van der Waals surface area contributed by atoms with Gasteiger partial charge in [0.25, 0.3) is 0 Å². The number of anilines is 1. The van der Waals surface area contributed by atoms with Gasteiger partial charge >= 0.3 is 0 Å². The molecule has 2 fully saturated rings. The van der Waals surface area contributed by atoms with Crippen LogP contribution in [-0.4, -0.2) is 17.9 Å². The molecule has 1 saturated heterocycles. The second-order valence-electron chi connectivity index (χ2n) is 5.30. The molecule has 3 rings (SSSR count). The van der Waals surface area contributed by atoms with E-state index in [1.54, 1.807) is 0 Å². The first-order valence-corrected chi connectivity index (χ1v) is 6.92. The monoisotopic (exact) mass is 258 g/mol. The Morgan fingerprint density at radius 1 is 1.05 bits per heavy atom. The fraction of sp³-hybridized carbons (Fsp3) is 0.467. The second kappa shape index (κ2) is 5.13. The van der Waals surface area contributed by atoms with Crippen LogP contribution in [0.4, 0.5) is 5.69 Å². The standard InChI is InChI=1S/C15H18N2O2/c18-14-2-1-3-15(19)17(14)13-8-4-11(5-9-13)10-16-12-6-7-12/h4-5,8-9,12,16H,1-3,6-7,10H2. The van der Waals surface area contributed by atoms with Gasteiger partial charge in [0.05, 0.1) is 5.69 Å². The largest absolute Gasteiger partial charge is 0.310 e. The Labute approximate surface area is 112 Å². The van der Waals surface area contributed by atoms with E-state index in [1.165, 1.54) is 23.3 Å². The van der Waals surface area contributed by atoms with Crippen molar-refractivity contribution in [1.29, 1.82) is 0 Å². The molecular weight excluding hydrogens is 240 g/mol. The van der Waals surface area contributed by atoms with Crippen LogP contribution in [0.1, 0.15) is 37.7 Å². The summed E-state index contributed by atoms with van der Waals surface area (Å²) in [6.07, 6.45) is 4.16. The van der Waals surface area contributed by atoms with Gasteiger partial charge in [0.2, 0.25) is 11.8 Å². The molecule has 0 aromatic heterocycles. The predicted octanol–water partition coefficient (Wildman–Crippen LogP) is 1.98. The Hall–Kier alpha value is -1.68. The molecule has 1 aromatic carbocycles. The summed E-state index contributed by atoms with van der Waals surface area (Å²) in [5.41, 5.74) is 1.89. The predicted molar refractivity (Wildman–Crippen MR) is 72.6 cm³/mol. The Bertz CT molecular complexity index is 475. The summed E-state index contributed by atoms with van der Waals surface area (Å²) in [6, 6.07) is 8.39. The summed E-state index contributed by atoms with van der Waals surface area (Å²) in [6.45, 7) is 0.854. The molecular formula is C15H18N2O2. The lowest BCUT2D eigenvalue weighted by Gasteiger charge is -2.25. The van der Waals surface area contributed by atoms with Gasteiger partial charge in [-0.05, 0) is 37.0 Å². The first-order valence-electron chi connectivity index (χ1n) is 6.92. The van der Waals surface area contributed by atoms with Crippen molar-refractivity contribution in [2.75, 3.05) is 4.90 Å². The van der Waals surface area contributed by atoms with Crippen molar-refractivity contribution < 1.29 is 9.59 Å². The van der Waals surface area contributed by atoms with Crippen LogP contribution in [0.3, 0.4) is 0 Å². The summed E-state index contributed by atoms with van der Waals surface area (Å²) < 4.78 is 0. The zero-order chi connectivity index (χ0) is 13.2. The van der Waals surface area contributed by atoms with Gasteiger partial charge in [-0.15, -0.1) is 0 Å². The number of nitrogens with zero attached hydrogens (tertiary/aromatic N) is 1. The van der Waals surface area contributed by atoms with E-state index < -0.39 is 0 Å². The Morgan fingerprint density at radius 3 is 2.26 bits per heavy atom. The number of carbonyl (C=O) groups is 2. The van der Waals surface area contributed by atoms with E-state index in [0.29, 0.717) is 31.0 Å². The Morgan fingerprint density at radius 2 is 1.68 bits per heavy atom. The highest BCUT2D eigenvalue weighted by atomic mass is 16.2. The summed E-state index contributed by atoms with van der Waals surface area (Å²) >= 11 is 0. The molecule has 2 aliphatic rings. The van der Waals surface area contributed by atoms with Crippen molar-refractivity contribution in [2.24, 2.45) is 0 Å². The van der Waals surface area contributed by atoms with E-state index in [2.05, 4.69) is 5.32 Å². The van der Waals surface area contributed by atoms with E-state index in [0.717, 1.165) is 6.54 Å². The molecule has 1 saturated carbocycles. The molecule has 4 heteroatoms. The normalized spacial score (nSPS) is 19.9. The molecule has 19 heavy (non-hydrogen) atoms. The lowest BCUT2D eigenvalue weighted by atomic mass is 10.1. The van der Waals surface area contributed by atoms with E-state index in [1.807, 2.05) is 24.3 Å². The van der Waals surface area contributed by atoms with Gasteiger partial charge in [-0.25, -0.2) is 0 Å². The molecule has 0 spiro atoms. The third-order valence-corrected chi connectivity index (χ3v) is 3.65. The van der Waals surface area contributed by atoms with E-state index >= 15 is 0 Å². The molecule has 0 atom stereocenters. The minimum absolute atomic E-state index is 0.0832. The van der Waals surface area contributed by atoms with Gasteiger partial charge in [-0.3, -0.25) is 14.5 Å². The molecule has 1 aliphatic heterocycles. The van der Waals surface area contributed by atoms with Crippen molar-refractivity contribution in [3.05, 3.63) is 29.8 Å². The maximum Gasteiger partial charge on any atom is 0.233 e. The summed E-state index contributed by atoms with van der Waals surface area (Å²) in [5.74, 6) is -0.166. The molecule has 0 bridgehead atoms. The Kier molecular flexibility index (Phi) is 3.34. The van der Waals surface area contributed by atoms with E-state index in [9.17, 15) is 9.59 Å². The first kappa shape index (κ1) is 12.4. The van der Waals surface area contributed by atoms with Crippen LogP contribution in [0.25, 0.3) is 0 Å². The zero-order valence-electron chi connectivity index (χ0n) is 10.9. The lowest BCUT2D eigenvalue weighted by Crippen LogP contribution is -2.40. The van der Waals surface area contributed by atoms with Crippen LogP contribution >= 0.6 is 0 Å². The molecule has 2 amide bonds. The smallest absolute Gasteiger partial charge is 0.233 e. The molecule has 1 heterocycles. The minimum atomic E-state index is -0.0832. The Balaban J connectivity index is 1.69. The van der Waals surface area contributed by atoms with Gasteiger partial charge < -0.3 is 5.32 Å². The van der Waals surface area contributed by atoms with Crippen molar-refractivity contribution in [3.63, 3.8) is 0 Å². The number of carbonyl (C=O) groups excluding carboxylic acids is 2. The molecule has 0 radical (unpaired) electrons. The number of rotatable bonds is 4. The van der Waals surface area contributed by atoms with Gasteiger partial charge in [0.15, 0.2) is 0 Å².